The van der Waals surface area contributed by atoms with Crippen LogP contribution in [-0.2, 0) is 6.42 Å². The van der Waals surface area contributed by atoms with Crippen LogP contribution in [0.5, 0.6) is 11.5 Å². The van der Waals surface area contributed by atoms with E-state index in [-0.39, 0.29) is 11.6 Å². The average Bonchev–Trinajstić information content (AvgIpc) is 3.20. The third kappa shape index (κ3) is 3.64. The Balaban J connectivity index is 1.80. The van der Waals surface area contributed by atoms with Crippen molar-refractivity contribution < 1.29 is 14.3 Å². The van der Waals surface area contributed by atoms with Crippen LogP contribution in [0.1, 0.15) is 34.4 Å². The highest BCUT2D eigenvalue weighted by Crippen LogP contribution is 2.35. The molecule has 4 rings (SSSR count). The summed E-state index contributed by atoms with van der Waals surface area (Å²) in [6.07, 6.45) is 0.692. The minimum atomic E-state index is -0.326. The molecule has 164 valence electrons. The topological polar surface area (TPSA) is 90.6 Å². The second kappa shape index (κ2) is 8.66. The van der Waals surface area contributed by atoms with Crippen molar-refractivity contribution >= 4 is 17.2 Å². The van der Waals surface area contributed by atoms with Gasteiger partial charge in [-0.25, -0.2) is 4.52 Å². The first-order chi connectivity index (χ1) is 15.5. The fourth-order valence-corrected chi connectivity index (χ4v) is 3.69. The van der Waals surface area contributed by atoms with E-state index in [2.05, 4.69) is 15.5 Å². The zero-order chi connectivity index (χ0) is 22.8. The van der Waals surface area contributed by atoms with Crippen LogP contribution >= 0.6 is 0 Å². The first-order valence-corrected chi connectivity index (χ1v) is 10.3. The second-order valence-electron chi connectivity index (χ2n) is 7.38. The molecule has 4 aromatic rings. The lowest BCUT2D eigenvalue weighted by atomic mass is 10.0. The van der Waals surface area contributed by atoms with E-state index in [1.165, 1.54) is 0 Å². The Morgan fingerprint density at radius 1 is 1.03 bits per heavy atom. The summed E-state index contributed by atoms with van der Waals surface area (Å²) in [5, 5.41) is 16.3. The number of methoxy groups -OCH3 is 2. The molecule has 0 aliphatic heterocycles. The van der Waals surface area contributed by atoms with Gasteiger partial charge in [-0.15, -0.1) is 10.2 Å². The number of hydrogen-bond acceptors (Lipinski definition) is 6. The Morgan fingerprint density at radius 3 is 2.47 bits per heavy atom. The van der Waals surface area contributed by atoms with Crippen molar-refractivity contribution in [2.24, 2.45) is 0 Å². The first-order valence-electron chi connectivity index (χ1n) is 10.3. The lowest BCUT2D eigenvalue weighted by molar-refractivity contribution is 0.102. The number of aryl methyl sites for hydroxylation is 3. The number of carbonyl (C=O) groups is 1. The maximum absolute atomic E-state index is 12.9. The number of aromatic nitrogens is 4. The molecule has 0 unspecified atom stereocenters. The molecule has 2 aromatic carbocycles. The Bertz CT molecular complexity index is 1310. The van der Waals surface area contributed by atoms with Crippen LogP contribution in [0, 0.1) is 13.8 Å². The molecule has 0 saturated carbocycles. The summed E-state index contributed by atoms with van der Waals surface area (Å²) < 4.78 is 12.5. The fourth-order valence-electron chi connectivity index (χ4n) is 3.69. The number of hydrogen-bond donors (Lipinski definition) is 1. The Hall–Kier alpha value is -3.94. The molecule has 0 radical (unpaired) electrons. The molecule has 0 aliphatic rings. The van der Waals surface area contributed by atoms with Gasteiger partial charge in [0.05, 0.1) is 31.2 Å². The predicted molar refractivity (Wildman–Crippen MR) is 123 cm³/mol. The van der Waals surface area contributed by atoms with Gasteiger partial charge in [0.2, 0.25) is 0 Å². The fraction of sp³-hybridized carbons (Fsp3) is 0.250. The lowest BCUT2D eigenvalue weighted by Gasteiger charge is -2.10. The van der Waals surface area contributed by atoms with Crippen molar-refractivity contribution in [3.05, 3.63) is 65.1 Å². The van der Waals surface area contributed by atoms with E-state index in [0.717, 1.165) is 28.1 Å². The summed E-state index contributed by atoms with van der Waals surface area (Å²) in [6.45, 7) is 5.79. The average molecular weight is 431 g/mol. The van der Waals surface area contributed by atoms with E-state index in [1.807, 2.05) is 63.2 Å². The molecule has 0 saturated heterocycles. The molecule has 0 spiro atoms. The summed E-state index contributed by atoms with van der Waals surface area (Å²) in [7, 11) is 3.20. The van der Waals surface area contributed by atoms with E-state index < -0.39 is 0 Å². The monoisotopic (exact) mass is 431 g/mol. The molecule has 0 atom stereocenters. The molecule has 32 heavy (non-hydrogen) atoms. The van der Waals surface area contributed by atoms with Gasteiger partial charge in [0.15, 0.2) is 22.8 Å². The van der Waals surface area contributed by atoms with Crippen molar-refractivity contribution in [3.63, 3.8) is 0 Å². The molecule has 0 bridgehead atoms. The Morgan fingerprint density at radius 2 is 1.78 bits per heavy atom. The van der Waals surface area contributed by atoms with Gasteiger partial charge in [-0.1, -0.05) is 31.2 Å². The zero-order valence-corrected chi connectivity index (χ0v) is 18.8. The van der Waals surface area contributed by atoms with Gasteiger partial charge in [0.25, 0.3) is 5.91 Å². The highest BCUT2D eigenvalue weighted by molar-refractivity contribution is 6.04. The third-order valence-corrected chi connectivity index (χ3v) is 5.45. The number of nitrogens with zero attached hydrogens (tertiary/aromatic N) is 4. The largest absolute Gasteiger partial charge is 0.493 e. The van der Waals surface area contributed by atoms with Gasteiger partial charge in [0.1, 0.15) is 0 Å². The normalized spacial score (nSPS) is 10.9. The van der Waals surface area contributed by atoms with E-state index >= 15 is 0 Å². The molecule has 8 heteroatoms. The van der Waals surface area contributed by atoms with Crippen molar-refractivity contribution in [3.8, 4) is 22.6 Å². The summed E-state index contributed by atoms with van der Waals surface area (Å²) >= 11 is 0. The van der Waals surface area contributed by atoms with Gasteiger partial charge < -0.3 is 14.8 Å². The Kier molecular flexibility index (Phi) is 5.77. The van der Waals surface area contributed by atoms with E-state index in [1.54, 1.807) is 18.7 Å². The van der Waals surface area contributed by atoms with Crippen LogP contribution in [0.4, 0.5) is 5.69 Å². The van der Waals surface area contributed by atoms with E-state index in [4.69, 9.17) is 14.6 Å². The highest BCUT2D eigenvalue weighted by Gasteiger charge is 2.22. The molecule has 1 amide bonds. The zero-order valence-electron chi connectivity index (χ0n) is 18.8. The number of anilines is 1. The number of para-hydroxylation sites is 1. The number of benzene rings is 2. The lowest BCUT2D eigenvalue weighted by Crippen LogP contribution is -2.19. The van der Waals surface area contributed by atoms with Gasteiger partial charge in [-0.2, -0.15) is 5.10 Å². The van der Waals surface area contributed by atoms with Crippen LogP contribution in [-0.4, -0.2) is 39.9 Å². The minimum absolute atomic E-state index is 0.227. The molecular weight excluding hydrogens is 406 g/mol. The maximum atomic E-state index is 12.9. The summed E-state index contributed by atoms with van der Waals surface area (Å²) in [6, 6.07) is 13.3. The van der Waals surface area contributed by atoms with Crippen LogP contribution in [0.3, 0.4) is 0 Å². The first kappa shape index (κ1) is 21.3. The van der Waals surface area contributed by atoms with E-state index in [9.17, 15) is 4.79 Å². The molecule has 0 fully saturated rings. The molecular formula is C24H25N5O3. The van der Waals surface area contributed by atoms with Gasteiger partial charge in [-0.05, 0) is 49.6 Å². The highest BCUT2D eigenvalue weighted by atomic mass is 16.5. The van der Waals surface area contributed by atoms with Crippen molar-refractivity contribution in [1.29, 1.82) is 0 Å². The van der Waals surface area contributed by atoms with Crippen molar-refractivity contribution in [2.75, 3.05) is 19.5 Å². The number of carbonyl (C=O) groups excluding carboxylic acids is 1. The van der Waals surface area contributed by atoms with E-state index in [0.29, 0.717) is 29.3 Å². The van der Waals surface area contributed by atoms with Crippen LogP contribution in [0.15, 0.2) is 42.5 Å². The van der Waals surface area contributed by atoms with Crippen LogP contribution < -0.4 is 14.8 Å². The number of nitrogens with one attached hydrogen (secondary N) is 1. The Labute approximate surface area is 186 Å². The summed E-state index contributed by atoms with van der Waals surface area (Å²) in [4.78, 5) is 12.9. The van der Waals surface area contributed by atoms with Gasteiger partial charge in [0, 0.05) is 5.69 Å². The van der Waals surface area contributed by atoms with Crippen molar-refractivity contribution in [1.82, 2.24) is 19.8 Å². The van der Waals surface area contributed by atoms with Crippen LogP contribution in [0.25, 0.3) is 16.8 Å². The SMILES string of the molecule is CCc1nn2c(C)c(C(=O)Nc3ccccc3C)nnc2c1-c1ccc(OC)c(OC)c1. The third-order valence-electron chi connectivity index (χ3n) is 5.45. The summed E-state index contributed by atoms with van der Waals surface area (Å²) in [5.74, 6) is 0.931. The van der Waals surface area contributed by atoms with Crippen LogP contribution in [0.2, 0.25) is 0 Å². The minimum Gasteiger partial charge on any atom is -0.493 e. The maximum Gasteiger partial charge on any atom is 0.278 e. The molecule has 2 heterocycles. The quantitative estimate of drug-likeness (QED) is 0.491. The second-order valence-corrected chi connectivity index (χ2v) is 7.38. The predicted octanol–water partition coefficient (Wildman–Crippen LogP) is 4.24. The number of amides is 1. The number of rotatable bonds is 6. The molecule has 2 aromatic heterocycles. The molecule has 0 aliphatic carbocycles. The van der Waals surface area contributed by atoms with Gasteiger partial charge in [-0.3, -0.25) is 4.79 Å². The molecule has 8 nitrogen and oxygen atoms in total. The van der Waals surface area contributed by atoms with Gasteiger partial charge >= 0.3 is 0 Å². The summed E-state index contributed by atoms with van der Waals surface area (Å²) in [5.41, 5.74) is 5.72. The smallest absolute Gasteiger partial charge is 0.278 e. The number of fused-ring (bicyclic) bond motifs is 1. The molecule has 1 N–H and O–H groups in total. The number of ether oxygens (including phenoxy) is 2. The standard InChI is InChI=1S/C24H25N5O3/c1-6-17-21(16-11-12-19(31-4)20(13-16)32-5)23-27-26-22(15(3)29(23)28-17)24(30)25-18-10-8-7-9-14(18)2/h7-13H,6H2,1-5H3,(H,25,30). The van der Waals surface area contributed by atoms with Crippen molar-refractivity contribution in [2.45, 2.75) is 27.2 Å².